The number of rotatable bonds is 3. The highest BCUT2D eigenvalue weighted by Crippen LogP contribution is 2.32. The summed E-state index contributed by atoms with van der Waals surface area (Å²) < 4.78 is 19.1. The van der Waals surface area contributed by atoms with Crippen LogP contribution in [0.4, 0.5) is 4.79 Å². The van der Waals surface area contributed by atoms with Crippen LogP contribution in [0.25, 0.3) is 0 Å². The lowest BCUT2D eigenvalue weighted by Crippen LogP contribution is -2.49. The van der Waals surface area contributed by atoms with Crippen LogP contribution in [-0.4, -0.2) is 46.8 Å². The number of aromatic nitrogens is 2. The molecule has 0 bridgehead atoms. The molecule has 0 unspecified atom stereocenters. The largest absolute Gasteiger partial charge is 0.444 e. The van der Waals surface area contributed by atoms with Gasteiger partial charge in [0.1, 0.15) is 11.7 Å². The third-order valence-electron chi connectivity index (χ3n) is 4.43. The van der Waals surface area contributed by atoms with Crippen molar-refractivity contribution >= 4 is 6.09 Å². The van der Waals surface area contributed by atoms with Crippen LogP contribution >= 0.6 is 0 Å². The van der Waals surface area contributed by atoms with Crippen molar-refractivity contribution in [3.05, 3.63) is 17.5 Å². The molecule has 4 atom stereocenters. The van der Waals surface area contributed by atoms with Crippen LogP contribution < -0.4 is 5.32 Å². The van der Waals surface area contributed by atoms with E-state index in [1.807, 2.05) is 52.5 Å². The number of alkyl carbamates (subject to hydrolysis) is 1. The Hall–Kier alpha value is -1.60. The van der Waals surface area contributed by atoms with Gasteiger partial charge in [-0.25, -0.2) is 4.79 Å². The molecule has 1 N–H and O–H groups in total. The van der Waals surface area contributed by atoms with E-state index in [9.17, 15) is 4.79 Å². The molecule has 1 saturated heterocycles. The van der Waals surface area contributed by atoms with E-state index in [-0.39, 0.29) is 24.4 Å². The molecule has 0 aromatic carbocycles. The minimum absolute atomic E-state index is 0.0782. The molecule has 142 valence electrons. The summed E-state index contributed by atoms with van der Waals surface area (Å²) in [4.78, 5) is 12.2. The van der Waals surface area contributed by atoms with E-state index in [2.05, 4.69) is 10.4 Å². The number of methoxy groups -OCH3 is 1. The van der Waals surface area contributed by atoms with Crippen molar-refractivity contribution < 1.29 is 19.0 Å². The Balaban J connectivity index is 2.13. The van der Waals surface area contributed by atoms with Gasteiger partial charge in [-0.3, -0.25) is 4.68 Å². The van der Waals surface area contributed by atoms with Crippen molar-refractivity contribution in [1.82, 2.24) is 15.1 Å². The molecule has 1 amide bonds. The van der Waals surface area contributed by atoms with Crippen molar-refractivity contribution in [1.29, 1.82) is 0 Å². The molecule has 1 aromatic rings. The van der Waals surface area contributed by atoms with Crippen LogP contribution in [0, 0.1) is 6.92 Å². The van der Waals surface area contributed by atoms with Crippen molar-refractivity contribution in [2.24, 2.45) is 7.05 Å². The van der Waals surface area contributed by atoms with Gasteiger partial charge in [-0.1, -0.05) is 0 Å². The average molecular weight is 353 g/mol. The molecule has 1 aliphatic heterocycles. The van der Waals surface area contributed by atoms with E-state index < -0.39 is 11.7 Å². The van der Waals surface area contributed by atoms with Crippen molar-refractivity contribution in [3.63, 3.8) is 0 Å². The maximum absolute atomic E-state index is 12.2. The van der Waals surface area contributed by atoms with Gasteiger partial charge in [0.25, 0.3) is 0 Å². The maximum Gasteiger partial charge on any atom is 0.407 e. The summed E-state index contributed by atoms with van der Waals surface area (Å²) in [5, 5.41) is 7.26. The van der Waals surface area contributed by atoms with E-state index >= 15 is 0 Å². The molecular formula is C18H31N3O4. The van der Waals surface area contributed by atoms with E-state index in [0.29, 0.717) is 0 Å². The van der Waals surface area contributed by atoms with E-state index in [1.54, 1.807) is 7.11 Å². The molecule has 2 rings (SSSR count). The van der Waals surface area contributed by atoms with E-state index in [0.717, 1.165) is 24.1 Å². The number of amides is 1. The number of carbonyl (C=O) groups is 1. The van der Waals surface area contributed by atoms with Gasteiger partial charge in [0, 0.05) is 14.2 Å². The van der Waals surface area contributed by atoms with E-state index in [1.165, 1.54) is 0 Å². The van der Waals surface area contributed by atoms with Gasteiger partial charge < -0.3 is 19.5 Å². The maximum atomic E-state index is 12.2. The summed E-state index contributed by atoms with van der Waals surface area (Å²) in [6, 6.07) is -0.173. The molecule has 0 radical (unpaired) electrons. The standard InChI is InChI=1S/C18H31N3O4/c1-11-10-19-21(6)15(11)14-9-8-13(16(23-7)12(2)24-14)20-17(22)25-18(3,4)5/h10,12-14,16H,8-9H2,1-7H3,(H,20,22)/t12-,13+,14-,16+/m0/s1. The van der Waals surface area contributed by atoms with Crippen molar-refractivity contribution in [3.8, 4) is 0 Å². The van der Waals surface area contributed by atoms with Crippen LogP contribution in [0.5, 0.6) is 0 Å². The number of ether oxygens (including phenoxy) is 3. The molecule has 0 spiro atoms. The first-order valence-corrected chi connectivity index (χ1v) is 8.78. The third kappa shape index (κ3) is 4.95. The summed E-state index contributed by atoms with van der Waals surface area (Å²) >= 11 is 0. The fourth-order valence-corrected chi connectivity index (χ4v) is 3.42. The Kier molecular flexibility index (Phi) is 6.11. The average Bonchev–Trinajstić information content (AvgIpc) is 2.72. The number of nitrogens with zero attached hydrogens (tertiary/aromatic N) is 2. The SMILES string of the molecule is CO[C@@H]1[C@H](C)O[C@H](c2c(C)cnn2C)CC[C@H]1NC(=O)OC(C)(C)C. The molecule has 1 fully saturated rings. The van der Waals surface area contributed by atoms with Gasteiger partial charge in [0.05, 0.1) is 30.1 Å². The Labute approximate surface area is 150 Å². The lowest BCUT2D eigenvalue weighted by molar-refractivity contribution is -0.0793. The molecule has 1 aromatic heterocycles. The Morgan fingerprint density at radius 2 is 2.08 bits per heavy atom. The highest BCUT2D eigenvalue weighted by molar-refractivity contribution is 5.68. The van der Waals surface area contributed by atoms with Gasteiger partial charge in [-0.2, -0.15) is 5.10 Å². The fraction of sp³-hybridized carbons (Fsp3) is 0.778. The monoisotopic (exact) mass is 353 g/mol. The van der Waals surface area contributed by atoms with Crippen LogP contribution in [0.15, 0.2) is 6.20 Å². The second-order valence-corrected chi connectivity index (χ2v) is 7.70. The van der Waals surface area contributed by atoms with E-state index in [4.69, 9.17) is 14.2 Å². The molecule has 7 heteroatoms. The summed E-state index contributed by atoms with van der Waals surface area (Å²) in [6.07, 6.45) is 2.42. The second-order valence-electron chi connectivity index (χ2n) is 7.70. The third-order valence-corrected chi connectivity index (χ3v) is 4.43. The Morgan fingerprint density at radius 3 is 2.60 bits per heavy atom. The van der Waals surface area contributed by atoms with Crippen molar-refractivity contribution in [2.75, 3.05) is 7.11 Å². The lowest BCUT2D eigenvalue weighted by atomic mass is 10.0. The van der Waals surface area contributed by atoms with Gasteiger partial charge in [-0.15, -0.1) is 0 Å². The summed E-state index contributed by atoms with van der Waals surface area (Å²) in [7, 11) is 3.56. The molecule has 2 heterocycles. The number of hydrogen-bond acceptors (Lipinski definition) is 5. The zero-order valence-electron chi connectivity index (χ0n) is 16.3. The molecule has 25 heavy (non-hydrogen) atoms. The summed E-state index contributed by atoms with van der Waals surface area (Å²) in [5.74, 6) is 0. The molecule has 1 aliphatic rings. The van der Waals surface area contributed by atoms with Gasteiger partial charge in [0.2, 0.25) is 0 Å². The molecule has 0 saturated carbocycles. The number of nitrogens with one attached hydrogen (secondary N) is 1. The summed E-state index contributed by atoms with van der Waals surface area (Å²) in [5.41, 5.74) is 1.64. The summed E-state index contributed by atoms with van der Waals surface area (Å²) in [6.45, 7) is 9.55. The van der Waals surface area contributed by atoms with Crippen LogP contribution in [-0.2, 0) is 21.3 Å². The zero-order valence-corrected chi connectivity index (χ0v) is 16.3. The van der Waals surface area contributed by atoms with Crippen LogP contribution in [0.2, 0.25) is 0 Å². The Morgan fingerprint density at radius 1 is 1.40 bits per heavy atom. The molecule has 7 nitrogen and oxygen atoms in total. The zero-order chi connectivity index (χ0) is 18.8. The second kappa shape index (κ2) is 7.74. The number of hydrogen-bond donors (Lipinski definition) is 1. The smallest absolute Gasteiger partial charge is 0.407 e. The van der Waals surface area contributed by atoms with Gasteiger partial charge >= 0.3 is 6.09 Å². The van der Waals surface area contributed by atoms with Gasteiger partial charge in [0.15, 0.2) is 0 Å². The predicted molar refractivity (Wildman–Crippen MR) is 94.4 cm³/mol. The van der Waals surface area contributed by atoms with Crippen LogP contribution in [0.3, 0.4) is 0 Å². The highest BCUT2D eigenvalue weighted by Gasteiger charge is 2.36. The Bertz CT molecular complexity index is 574. The molecule has 0 aliphatic carbocycles. The van der Waals surface area contributed by atoms with Crippen LogP contribution in [0.1, 0.15) is 57.9 Å². The first-order chi connectivity index (χ1) is 11.6. The first kappa shape index (κ1) is 19.7. The van der Waals surface area contributed by atoms with Crippen molar-refractivity contribution in [2.45, 2.75) is 77.4 Å². The minimum atomic E-state index is -0.534. The van der Waals surface area contributed by atoms with Gasteiger partial charge in [-0.05, 0) is 53.0 Å². The quantitative estimate of drug-likeness (QED) is 0.904. The number of carbonyl (C=O) groups excluding carboxylic acids is 1. The topological polar surface area (TPSA) is 74.6 Å². The highest BCUT2D eigenvalue weighted by atomic mass is 16.6. The predicted octanol–water partition coefficient (Wildman–Crippen LogP) is 2.88. The fourth-order valence-electron chi connectivity index (χ4n) is 3.42. The molecular weight excluding hydrogens is 322 g/mol. The number of aryl methyl sites for hydroxylation is 2. The lowest BCUT2D eigenvalue weighted by Gasteiger charge is -2.29. The minimum Gasteiger partial charge on any atom is -0.444 e. The first-order valence-electron chi connectivity index (χ1n) is 8.78. The normalized spacial score (nSPS) is 27.6.